The summed E-state index contributed by atoms with van der Waals surface area (Å²) in [6.07, 6.45) is 3.03. The Balaban J connectivity index is 1.63. The van der Waals surface area contributed by atoms with Gasteiger partial charge in [0, 0.05) is 0 Å². The normalized spacial score (nSPS) is 14.3. The topological polar surface area (TPSA) is 27.7 Å². The van der Waals surface area contributed by atoms with E-state index in [-0.39, 0.29) is 0 Å². The SMILES string of the molecule is CCc1ccc(B2OB(c3ccc(CC)cc3)OB(c3ccc(CC)cc3)O2)cc1. The number of rotatable bonds is 6. The van der Waals surface area contributed by atoms with Crippen LogP contribution in [0.3, 0.4) is 0 Å². The van der Waals surface area contributed by atoms with Gasteiger partial charge in [-0.25, -0.2) is 0 Å². The molecular weight excluding hydrogens is 369 g/mol. The van der Waals surface area contributed by atoms with Gasteiger partial charge in [0.05, 0.1) is 0 Å². The summed E-state index contributed by atoms with van der Waals surface area (Å²) in [5.74, 6) is 0. The second kappa shape index (κ2) is 9.70. The Morgan fingerprint density at radius 2 is 0.667 bits per heavy atom. The van der Waals surface area contributed by atoms with Gasteiger partial charge >= 0.3 is 21.4 Å². The summed E-state index contributed by atoms with van der Waals surface area (Å²) in [4.78, 5) is 0. The molecule has 1 fully saturated rings. The zero-order valence-corrected chi connectivity index (χ0v) is 18.0. The summed E-state index contributed by atoms with van der Waals surface area (Å²) in [6.45, 7) is 6.47. The monoisotopic (exact) mass is 396 g/mol. The molecule has 0 saturated carbocycles. The van der Waals surface area contributed by atoms with Crippen molar-refractivity contribution in [3.8, 4) is 0 Å². The van der Waals surface area contributed by atoms with Crippen LogP contribution in [0.5, 0.6) is 0 Å². The van der Waals surface area contributed by atoms with E-state index in [1.165, 1.54) is 16.7 Å². The van der Waals surface area contributed by atoms with Crippen molar-refractivity contribution in [3.63, 3.8) is 0 Å². The van der Waals surface area contributed by atoms with E-state index in [2.05, 4.69) is 93.6 Å². The van der Waals surface area contributed by atoms with Crippen molar-refractivity contribution in [2.24, 2.45) is 0 Å². The van der Waals surface area contributed by atoms with E-state index in [0.717, 1.165) is 35.7 Å². The minimum Gasteiger partial charge on any atom is -0.445 e. The van der Waals surface area contributed by atoms with Crippen LogP contribution in [0.2, 0.25) is 0 Å². The lowest BCUT2D eigenvalue weighted by molar-refractivity contribution is 0.308. The molecule has 0 amide bonds. The summed E-state index contributed by atoms with van der Waals surface area (Å²) < 4.78 is 18.8. The van der Waals surface area contributed by atoms with Crippen LogP contribution in [0, 0.1) is 0 Å². The van der Waals surface area contributed by atoms with E-state index in [0.29, 0.717) is 0 Å². The number of aryl methyl sites for hydroxylation is 3. The van der Waals surface area contributed by atoms with Gasteiger partial charge in [-0.3, -0.25) is 0 Å². The molecule has 0 bridgehead atoms. The molecule has 6 heteroatoms. The highest BCUT2D eigenvalue weighted by Crippen LogP contribution is 2.12. The Morgan fingerprint density at radius 3 is 0.867 bits per heavy atom. The molecule has 0 N–H and O–H groups in total. The van der Waals surface area contributed by atoms with E-state index >= 15 is 0 Å². The maximum atomic E-state index is 6.26. The summed E-state index contributed by atoms with van der Waals surface area (Å²) in [5, 5.41) is 0. The van der Waals surface area contributed by atoms with Gasteiger partial charge in [0.2, 0.25) is 0 Å². The third-order valence-electron chi connectivity index (χ3n) is 5.72. The van der Waals surface area contributed by atoms with Crippen LogP contribution in [0.15, 0.2) is 72.8 Å². The van der Waals surface area contributed by atoms with E-state index in [9.17, 15) is 0 Å². The van der Waals surface area contributed by atoms with Gasteiger partial charge in [-0.1, -0.05) is 93.6 Å². The average molecular weight is 396 g/mol. The van der Waals surface area contributed by atoms with Crippen LogP contribution >= 0.6 is 0 Å². The first kappa shape index (κ1) is 21.0. The van der Waals surface area contributed by atoms with Gasteiger partial charge in [-0.05, 0) is 52.3 Å². The molecule has 0 spiro atoms. The van der Waals surface area contributed by atoms with E-state index in [1.807, 2.05) is 0 Å². The van der Waals surface area contributed by atoms with Crippen LogP contribution in [0.25, 0.3) is 0 Å². The van der Waals surface area contributed by atoms with Crippen molar-refractivity contribution in [2.45, 2.75) is 40.0 Å². The lowest BCUT2D eigenvalue weighted by atomic mass is 9.61. The van der Waals surface area contributed by atoms with Gasteiger partial charge in [0.15, 0.2) is 0 Å². The molecule has 30 heavy (non-hydrogen) atoms. The highest BCUT2D eigenvalue weighted by Gasteiger charge is 2.43. The minimum atomic E-state index is -0.489. The average Bonchev–Trinajstić information content (AvgIpc) is 2.84. The van der Waals surface area contributed by atoms with Gasteiger partial charge < -0.3 is 13.7 Å². The predicted molar refractivity (Wildman–Crippen MR) is 127 cm³/mol. The zero-order valence-electron chi connectivity index (χ0n) is 18.0. The second-order valence-electron chi connectivity index (χ2n) is 7.69. The van der Waals surface area contributed by atoms with Crippen LogP contribution < -0.4 is 16.4 Å². The van der Waals surface area contributed by atoms with Gasteiger partial charge in [0.25, 0.3) is 0 Å². The third-order valence-corrected chi connectivity index (χ3v) is 5.72. The maximum Gasteiger partial charge on any atom is 0.467 e. The molecule has 0 aromatic heterocycles. The van der Waals surface area contributed by atoms with E-state index in [4.69, 9.17) is 13.7 Å². The Kier molecular flexibility index (Phi) is 6.78. The lowest BCUT2D eigenvalue weighted by Crippen LogP contribution is -2.61. The van der Waals surface area contributed by atoms with Gasteiger partial charge in [0.1, 0.15) is 0 Å². The van der Waals surface area contributed by atoms with Crippen molar-refractivity contribution in [1.82, 2.24) is 0 Å². The molecule has 1 saturated heterocycles. The highest BCUT2D eigenvalue weighted by atomic mass is 16.7. The van der Waals surface area contributed by atoms with Gasteiger partial charge in [-0.2, -0.15) is 0 Å². The largest absolute Gasteiger partial charge is 0.467 e. The molecule has 0 aliphatic carbocycles. The first-order valence-electron chi connectivity index (χ1n) is 10.9. The molecule has 1 heterocycles. The number of hydrogen-bond donors (Lipinski definition) is 0. The molecule has 3 aromatic carbocycles. The predicted octanol–water partition coefficient (Wildman–Crippen LogP) is 2.92. The van der Waals surface area contributed by atoms with Crippen molar-refractivity contribution in [3.05, 3.63) is 89.5 Å². The first-order valence-corrected chi connectivity index (χ1v) is 10.9. The lowest BCUT2D eigenvalue weighted by Gasteiger charge is -2.31. The quantitative estimate of drug-likeness (QED) is 0.601. The van der Waals surface area contributed by atoms with E-state index in [1.54, 1.807) is 0 Å². The van der Waals surface area contributed by atoms with Crippen LogP contribution in [0.4, 0.5) is 0 Å². The molecule has 1 aliphatic rings. The number of benzene rings is 3. The molecule has 0 atom stereocenters. The van der Waals surface area contributed by atoms with Crippen molar-refractivity contribution in [2.75, 3.05) is 0 Å². The van der Waals surface area contributed by atoms with Crippen LogP contribution in [-0.4, -0.2) is 21.4 Å². The summed E-state index contributed by atoms with van der Waals surface area (Å²) in [5.41, 5.74) is 6.89. The molecule has 4 rings (SSSR count). The second-order valence-corrected chi connectivity index (χ2v) is 7.69. The highest BCUT2D eigenvalue weighted by molar-refractivity contribution is 6.87. The summed E-state index contributed by atoms with van der Waals surface area (Å²) in [7, 11) is -1.47. The smallest absolute Gasteiger partial charge is 0.445 e. The fraction of sp³-hybridized carbons (Fsp3) is 0.250. The van der Waals surface area contributed by atoms with Gasteiger partial charge in [-0.15, -0.1) is 0 Å². The third kappa shape index (κ3) is 4.72. The Morgan fingerprint density at radius 1 is 0.433 bits per heavy atom. The molecule has 1 aliphatic heterocycles. The molecule has 150 valence electrons. The van der Waals surface area contributed by atoms with Crippen LogP contribution in [-0.2, 0) is 33.0 Å². The Labute approximate surface area is 181 Å². The summed E-state index contributed by atoms with van der Waals surface area (Å²) >= 11 is 0. The molecular formula is C24H27B3O3. The molecule has 3 aromatic rings. The fourth-order valence-corrected chi connectivity index (χ4v) is 3.64. The van der Waals surface area contributed by atoms with Crippen molar-refractivity contribution in [1.29, 1.82) is 0 Å². The minimum absolute atomic E-state index is 0.489. The molecule has 0 unspecified atom stereocenters. The first-order chi connectivity index (χ1) is 14.7. The Hall–Kier alpha value is -2.27. The molecule has 3 nitrogen and oxygen atoms in total. The van der Waals surface area contributed by atoms with Crippen molar-refractivity contribution >= 4 is 37.7 Å². The standard InChI is InChI=1S/C24H27B3O3/c1-4-19-7-13-22(14-8-19)25-28-26(23-15-9-20(5-2)10-16-23)30-27(29-25)24-17-11-21(6-3)12-18-24/h7-18H,4-6H2,1-3H3. The molecule has 0 radical (unpaired) electrons. The van der Waals surface area contributed by atoms with Crippen molar-refractivity contribution < 1.29 is 13.7 Å². The number of hydrogen-bond acceptors (Lipinski definition) is 3. The maximum absolute atomic E-state index is 6.26. The summed E-state index contributed by atoms with van der Waals surface area (Å²) in [6, 6.07) is 25.3. The zero-order chi connectivity index (χ0) is 20.9. The van der Waals surface area contributed by atoms with E-state index < -0.39 is 21.4 Å². The van der Waals surface area contributed by atoms with Crippen LogP contribution in [0.1, 0.15) is 37.5 Å². The Bertz CT molecular complexity index is 810. The fourth-order valence-electron chi connectivity index (χ4n) is 3.64.